The van der Waals surface area contributed by atoms with Crippen molar-refractivity contribution in [2.45, 2.75) is 6.92 Å². The van der Waals surface area contributed by atoms with Gasteiger partial charge in [-0.1, -0.05) is 27.5 Å². The van der Waals surface area contributed by atoms with Crippen LogP contribution in [-0.2, 0) is 23.9 Å². The fraction of sp³-hybridized carbons (Fsp3) is 0.154. The lowest BCUT2D eigenvalue weighted by Crippen LogP contribution is -2.35. The summed E-state index contributed by atoms with van der Waals surface area (Å²) in [6.07, 6.45) is 0. The Kier molecular flexibility index (Phi) is 5.92. The topological polar surface area (TPSA) is 94.6 Å². The smallest absolute Gasteiger partial charge is 0.383 e. The number of hydrogen-bond acceptors (Lipinski definition) is 6. The van der Waals surface area contributed by atoms with Crippen molar-refractivity contribution in [1.82, 2.24) is 0 Å². The van der Waals surface area contributed by atoms with Gasteiger partial charge in [0.05, 0.1) is 11.6 Å². The molecule has 6 nitrogen and oxygen atoms in total. The van der Waals surface area contributed by atoms with Gasteiger partial charge in [0.2, 0.25) is 5.78 Å². The van der Waals surface area contributed by atoms with Crippen LogP contribution in [-0.4, -0.2) is 35.7 Å². The van der Waals surface area contributed by atoms with Crippen molar-refractivity contribution in [3.63, 3.8) is 0 Å². The Bertz CT molecular complexity index is 652. The highest BCUT2D eigenvalue weighted by Gasteiger charge is 2.35. The van der Waals surface area contributed by atoms with Crippen LogP contribution in [0.2, 0.25) is 5.02 Å². The van der Waals surface area contributed by atoms with Gasteiger partial charge >= 0.3 is 11.8 Å². The number of benzene rings is 1. The molecule has 0 spiro atoms. The predicted octanol–water partition coefficient (Wildman–Crippen LogP) is 1.56. The van der Waals surface area contributed by atoms with Crippen LogP contribution in [0.3, 0.4) is 0 Å². The molecule has 1 rings (SSSR count). The minimum Gasteiger partial charge on any atom is -0.460 e. The van der Waals surface area contributed by atoms with E-state index in [4.69, 9.17) is 11.6 Å². The molecule has 110 valence electrons. The third-order valence-corrected chi connectivity index (χ3v) is 3.06. The highest BCUT2D eigenvalue weighted by molar-refractivity contribution is 9.10. The average molecular weight is 376 g/mol. The molecule has 0 radical (unpaired) electrons. The third-order valence-electron chi connectivity index (χ3n) is 2.26. The van der Waals surface area contributed by atoms with Crippen molar-refractivity contribution in [3.8, 4) is 0 Å². The van der Waals surface area contributed by atoms with Crippen molar-refractivity contribution >= 4 is 56.6 Å². The first-order valence-corrected chi connectivity index (χ1v) is 6.76. The number of esters is 1. The maximum atomic E-state index is 11.8. The molecule has 8 heteroatoms. The Hall–Kier alpha value is -1.86. The van der Waals surface area contributed by atoms with Gasteiger partial charge in [0.15, 0.2) is 0 Å². The molecule has 0 aliphatic heterocycles. The van der Waals surface area contributed by atoms with Crippen LogP contribution in [0.15, 0.2) is 22.7 Å². The molecule has 21 heavy (non-hydrogen) atoms. The molecular weight excluding hydrogens is 367 g/mol. The molecule has 0 atom stereocenters. The highest BCUT2D eigenvalue weighted by atomic mass is 79.9. The van der Waals surface area contributed by atoms with E-state index in [0.717, 1.165) is 0 Å². The van der Waals surface area contributed by atoms with Crippen LogP contribution < -0.4 is 0 Å². The first-order chi connectivity index (χ1) is 9.79. The van der Waals surface area contributed by atoms with Gasteiger partial charge in [-0.05, 0) is 25.1 Å². The largest absolute Gasteiger partial charge is 0.460 e. The number of hydrogen-bond donors (Lipinski definition) is 0. The number of halogens is 2. The van der Waals surface area contributed by atoms with E-state index in [2.05, 4.69) is 20.7 Å². The normalized spacial score (nSPS) is 9.86. The summed E-state index contributed by atoms with van der Waals surface area (Å²) in [5, 5.41) is -0.0703. The molecule has 0 aromatic heterocycles. The van der Waals surface area contributed by atoms with Gasteiger partial charge in [-0.15, -0.1) is 0 Å². The zero-order valence-electron chi connectivity index (χ0n) is 10.6. The van der Waals surface area contributed by atoms with Crippen molar-refractivity contribution in [2.75, 3.05) is 6.61 Å². The Morgan fingerprint density at radius 2 is 1.71 bits per heavy atom. The Labute approximate surface area is 132 Å². The molecule has 0 fully saturated rings. The standard InChI is InChI=1S/C13H8BrClO6/c1-2-21-13(20)12(19)11(18)10(17)9(16)7-4-3-6(14)5-8(7)15/h3-5H,2H2,1H3. The van der Waals surface area contributed by atoms with E-state index in [1.807, 2.05) is 0 Å². The molecular formula is C13H8BrClO6. The maximum Gasteiger partial charge on any atom is 0.383 e. The molecule has 0 aliphatic carbocycles. The highest BCUT2D eigenvalue weighted by Crippen LogP contribution is 2.22. The van der Waals surface area contributed by atoms with Crippen LogP contribution >= 0.6 is 27.5 Å². The minimum absolute atomic E-state index is 0.0703. The number of carbonyl (C=O) groups excluding carboxylic acids is 5. The van der Waals surface area contributed by atoms with Gasteiger partial charge in [-0.3, -0.25) is 19.2 Å². The maximum absolute atomic E-state index is 11.8. The number of Topliss-reactive ketones (excluding diaryl/α,β-unsaturated/α-hetero) is 4. The van der Waals surface area contributed by atoms with Crippen LogP contribution in [0.5, 0.6) is 0 Å². The summed E-state index contributed by atoms with van der Waals surface area (Å²) in [4.78, 5) is 57.3. The van der Waals surface area contributed by atoms with E-state index in [1.54, 1.807) is 0 Å². The first kappa shape index (κ1) is 17.2. The molecule has 0 unspecified atom stereocenters. The molecule has 1 aromatic carbocycles. The second-order valence-corrected chi connectivity index (χ2v) is 4.98. The minimum atomic E-state index is -1.75. The quantitative estimate of drug-likeness (QED) is 0.324. The molecule has 0 N–H and O–H groups in total. The average Bonchev–Trinajstić information content (AvgIpc) is 2.44. The molecule has 0 amide bonds. The van der Waals surface area contributed by atoms with Crippen molar-refractivity contribution in [2.24, 2.45) is 0 Å². The zero-order valence-corrected chi connectivity index (χ0v) is 13.0. The van der Waals surface area contributed by atoms with E-state index in [1.165, 1.54) is 25.1 Å². The summed E-state index contributed by atoms with van der Waals surface area (Å²) < 4.78 is 4.86. The van der Waals surface area contributed by atoms with Crippen LogP contribution in [0, 0.1) is 0 Å². The first-order valence-electron chi connectivity index (χ1n) is 5.59. The van der Waals surface area contributed by atoms with E-state index in [0.29, 0.717) is 4.47 Å². The van der Waals surface area contributed by atoms with Gasteiger partial charge in [-0.2, -0.15) is 0 Å². The van der Waals surface area contributed by atoms with Crippen molar-refractivity contribution in [1.29, 1.82) is 0 Å². The van der Waals surface area contributed by atoms with Gasteiger partial charge < -0.3 is 4.74 Å². The predicted molar refractivity (Wildman–Crippen MR) is 75.1 cm³/mol. The summed E-state index contributed by atoms with van der Waals surface area (Å²) in [7, 11) is 0. The molecule has 0 heterocycles. The molecule has 0 saturated heterocycles. The third kappa shape index (κ3) is 4.05. The van der Waals surface area contributed by atoms with Crippen LogP contribution in [0.25, 0.3) is 0 Å². The number of carbonyl (C=O) groups is 5. The molecule has 1 aromatic rings. The van der Waals surface area contributed by atoms with Crippen LogP contribution in [0.4, 0.5) is 0 Å². The SMILES string of the molecule is CCOC(=O)C(=O)C(=O)C(=O)C(=O)c1ccc(Br)cc1Cl. The van der Waals surface area contributed by atoms with Gasteiger partial charge in [0, 0.05) is 10.0 Å². The lowest BCUT2D eigenvalue weighted by Gasteiger charge is -2.03. The second kappa shape index (κ2) is 7.24. The Balaban J connectivity index is 2.97. The lowest BCUT2D eigenvalue weighted by molar-refractivity contribution is -0.157. The van der Waals surface area contributed by atoms with E-state index < -0.39 is 29.1 Å². The summed E-state index contributed by atoms with van der Waals surface area (Å²) in [5.41, 5.74) is -0.241. The summed E-state index contributed by atoms with van der Waals surface area (Å²) in [6, 6.07) is 4.00. The van der Waals surface area contributed by atoms with Gasteiger partial charge in [-0.25, -0.2) is 4.79 Å². The second-order valence-electron chi connectivity index (χ2n) is 3.66. The van der Waals surface area contributed by atoms with Crippen molar-refractivity contribution in [3.05, 3.63) is 33.3 Å². The summed E-state index contributed by atoms with van der Waals surface area (Å²) >= 11 is 8.88. The monoisotopic (exact) mass is 374 g/mol. The van der Waals surface area contributed by atoms with Gasteiger partial charge in [0.25, 0.3) is 11.6 Å². The fourth-order valence-corrected chi connectivity index (χ4v) is 2.05. The van der Waals surface area contributed by atoms with E-state index in [-0.39, 0.29) is 17.2 Å². The van der Waals surface area contributed by atoms with E-state index in [9.17, 15) is 24.0 Å². The summed E-state index contributed by atoms with van der Waals surface area (Å²) in [6.45, 7) is 1.28. The zero-order chi connectivity index (χ0) is 16.2. The van der Waals surface area contributed by atoms with Crippen LogP contribution in [0.1, 0.15) is 17.3 Å². The lowest BCUT2D eigenvalue weighted by atomic mass is 10.0. The number of rotatable bonds is 6. The fourth-order valence-electron chi connectivity index (χ4n) is 1.29. The molecule has 0 bridgehead atoms. The number of ketones is 4. The molecule has 0 aliphatic rings. The summed E-state index contributed by atoms with van der Waals surface area (Å²) in [5.74, 6) is -7.83. The van der Waals surface area contributed by atoms with E-state index >= 15 is 0 Å². The molecule has 0 saturated carbocycles. The number of ether oxygens (including phenoxy) is 1. The van der Waals surface area contributed by atoms with Crippen molar-refractivity contribution < 1.29 is 28.7 Å². The van der Waals surface area contributed by atoms with Gasteiger partial charge in [0.1, 0.15) is 0 Å². The Morgan fingerprint density at radius 1 is 1.10 bits per heavy atom. The Morgan fingerprint density at radius 3 is 2.24 bits per heavy atom.